The van der Waals surface area contributed by atoms with Crippen molar-refractivity contribution in [1.82, 2.24) is 4.90 Å². The first-order chi connectivity index (χ1) is 8.26. The summed E-state index contributed by atoms with van der Waals surface area (Å²) < 4.78 is 0. The second kappa shape index (κ2) is 7.70. The fourth-order valence-corrected chi connectivity index (χ4v) is 1.92. The van der Waals surface area contributed by atoms with E-state index < -0.39 is 0 Å². The maximum atomic E-state index is 8.55. The molecule has 0 radical (unpaired) electrons. The van der Waals surface area contributed by atoms with Crippen LogP contribution in [0.5, 0.6) is 0 Å². The zero-order valence-electron chi connectivity index (χ0n) is 10.5. The van der Waals surface area contributed by atoms with Crippen LogP contribution in [0, 0.1) is 11.3 Å². The molecule has 1 aromatic carbocycles. The van der Waals surface area contributed by atoms with Crippen molar-refractivity contribution in [1.29, 1.82) is 5.26 Å². The number of rotatable bonds is 7. The Kier molecular flexibility index (Phi) is 6.13. The molecule has 0 atom stereocenters. The lowest BCUT2D eigenvalue weighted by Gasteiger charge is -2.21. The van der Waals surface area contributed by atoms with Gasteiger partial charge in [0.05, 0.1) is 6.07 Å². The average Bonchev–Trinajstić information content (AvgIpc) is 2.29. The number of hydrogen-bond acceptors (Lipinski definition) is 3. The Labute approximate surface area is 104 Å². The lowest BCUT2D eigenvalue weighted by Crippen LogP contribution is -2.25. The molecule has 2 N–H and O–H groups in total. The minimum absolute atomic E-state index is 0.636. The van der Waals surface area contributed by atoms with Crippen LogP contribution in [0.2, 0.25) is 0 Å². The van der Waals surface area contributed by atoms with Crippen LogP contribution in [0.1, 0.15) is 31.7 Å². The molecule has 17 heavy (non-hydrogen) atoms. The highest BCUT2D eigenvalue weighted by atomic mass is 15.1. The summed E-state index contributed by atoms with van der Waals surface area (Å²) >= 11 is 0. The lowest BCUT2D eigenvalue weighted by atomic mass is 10.2. The number of nitrogens with two attached hydrogens (primary N) is 1. The molecule has 0 aliphatic heterocycles. The van der Waals surface area contributed by atoms with Crippen LogP contribution < -0.4 is 5.73 Å². The van der Waals surface area contributed by atoms with Gasteiger partial charge in [0.1, 0.15) is 0 Å². The molecule has 0 spiro atoms. The second-order valence-corrected chi connectivity index (χ2v) is 4.28. The van der Waals surface area contributed by atoms with E-state index in [0.29, 0.717) is 6.42 Å². The van der Waals surface area contributed by atoms with Crippen LogP contribution in [-0.4, -0.2) is 18.0 Å². The third-order valence-corrected chi connectivity index (χ3v) is 2.66. The van der Waals surface area contributed by atoms with E-state index in [0.717, 1.165) is 38.2 Å². The zero-order chi connectivity index (χ0) is 12.5. The highest BCUT2D eigenvalue weighted by Gasteiger charge is 2.04. The number of hydrogen-bond donors (Lipinski definition) is 1. The zero-order valence-corrected chi connectivity index (χ0v) is 10.5. The van der Waals surface area contributed by atoms with E-state index in [-0.39, 0.29) is 0 Å². The number of nitrogen functional groups attached to an aromatic ring is 1. The minimum Gasteiger partial charge on any atom is -0.399 e. The number of nitriles is 1. The molecule has 0 aliphatic carbocycles. The topological polar surface area (TPSA) is 53.0 Å². The smallest absolute Gasteiger partial charge is 0.0622 e. The van der Waals surface area contributed by atoms with E-state index in [1.807, 2.05) is 18.2 Å². The third kappa shape index (κ3) is 5.37. The first kappa shape index (κ1) is 13.5. The maximum Gasteiger partial charge on any atom is 0.0622 e. The number of unbranched alkanes of at least 4 members (excludes halogenated alkanes) is 1. The van der Waals surface area contributed by atoms with Crippen molar-refractivity contribution >= 4 is 5.69 Å². The Bertz CT molecular complexity index is 368. The summed E-state index contributed by atoms with van der Waals surface area (Å²) in [7, 11) is 0. The molecule has 0 saturated heterocycles. The SMILES string of the molecule is CCCN(CCCC#N)Cc1cccc(N)c1. The molecule has 0 amide bonds. The minimum atomic E-state index is 0.636. The Hall–Kier alpha value is -1.53. The van der Waals surface area contributed by atoms with E-state index in [1.54, 1.807) is 0 Å². The van der Waals surface area contributed by atoms with Gasteiger partial charge in [0.2, 0.25) is 0 Å². The van der Waals surface area contributed by atoms with Crippen LogP contribution in [0.3, 0.4) is 0 Å². The molecule has 0 aliphatic rings. The van der Waals surface area contributed by atoms with Gasteiger partial charge >= 0.3 is 0 Å². The van der Waals surface area contributed by atoms with Crippen molar-refractivity contribution in [2.75, 3.05) is 18.8 Å². The second-order valence-electron chi connectivity index (χ2n) is 4.28. The van der Waals surface area contributed by atoms with E-state index in [4.69, 9.17) is 11.0 Å². The molecule has 0 bridgehead atoms. The van der Waals surface area contributed by atoms with E-state index in [2.05, 4.69) is 24.0 Å². The van der Waals surface area contributed by atoms with Gasteiger partial charge in [-0.25, -0.2) is 0 Å². The van der Waals surface area contributed by atoms with Gasteiger partial charge < -0.3 is 5.73 Å². The fourth-order valence-electron chi connectivity index (χ4n) is 1.92. The molecular weight excluding hydrogens is 210 g/mol. The molecule has 3 nitrogen and oxygen atoms in total. The molecule has 0 fully saturated rings. The van der Waals surface area contributed by atoms with Gasteiger partial charge in [-0.05, 0) is 43.6 Å². The van der Waals surface area contributed by atoms with Crippen molar-refractivity contribution in [2.24, 2.45) is 0 Å². The highest BCUT2D eigenvalue weighted by molar-refractivity contribution is 5.40. The van der Waals surface area contributed by atoms with E-state index in [9.17, 15) is 0 Å². The van der Waals surface area contributed by atoms with Crippen LogP contribution in [0.15, 0.2) is 24.3 Å². The summed E-state index contributed by atoms with van der Waals surface area (Å²) in [5, 5.41) is 8.55. The monoisotopic (exact) mass is 231 g/mol. The molecule has 1 rings (SSSR count). The summed E-state index contributed by atoms with van der Waals surface area (Å²) in [6.45, 7) is 5.15. The third-order valence-electron chi connectivity index (χ3n) is 2.66. The van der Waals surface area contributed by atoms with Crippen molar-refractivity contribution in [3.8, 4) is 6.07 Å². The first-order valence-corrected chi connectivity index (χ1v) is 6.20. The summed E-state index contributed by atoms with van der Waals surface area (Å²) in [4.78, 5) is 2.38. The molecular formula is C14H21N3. The quantitative estimate of drug-likeness (QED) is 0.580. The van der Waals surface area contributed by atoms with Gasteiger partial charge in [-0.3, -0.25) is 4.90 Å². The van der Waals surface area contributed by atoms with Crippen molar-refractivity contribution in [3.63, 3.8) is 0 Å². The van der Waals surface area contributed by atoms with Crippen molar-refractivity contribution < 1.29 is 0 Å². The molecule has 0 saturated carbocycles. The van der Waals surface area contributed by atoms with Crippen LogP contribution in [0.4, 0.5) is 5.69 Å². The molecule has 3 heteroatoms. The maximum absolute atomic E-state index is 8.55. The summed E-state index contributed by atoms with van der Waals surface area (Å²) in [5.41, 5.74) is 7.83. The number of nitrogens with zero attached hydrogens (tertiary/aromatic N) is 2. The number of benzene rings is 1. The molecule has 92 valence electrons. The van der Waals surface area contributed by atoms with Gasteiger partial charge in [0.15, 0.2) is 0 Å². The summed E-state index contributed by atoms with van der Waals surface area (Å²) in [6.07, 6.45) is 2.71. The predicted molar refractivity (Wildman–Crippen MR) is 71.3 cm³/mol. The average molecular weight is 231 g/mol. The van der Waals surface area contributed by atoms with Gasteiger partial charge in [-0.1, -0.05) is 19.1 Å². The molecule has 0 aromatic heterocycles. The Balaban J connectivity index is 2.51. The van der Waals surface area contributed by atoms with Gasteiger partial charge in [0, 0.05) is 18.7 Å². The van der Waals surface area contributed by atoms with Gasteiger partial charge in [-0.2, -0.15) is 5.26 Å². The van der Waals surface area contributed by atoms with Crippen molar-refractivity contribution in [2.45, 2.75) is 32.7 Å². The Morgan fingerprint density at radius 1 is 1.35 bits per heavy atom. The van der Waals surface area contributed by atoms with Gasteiger partial charge in [-0.15, -0.1) is 0 Å². The lowest BCUT2D eigenvalue weighted by molar-refractivity contribution is 0.264. The van der Waals surface area contributed by atoms with Crippen molar-refractivity contribution in [3.05, 3.63) is 29.8 Å². The van der Waals surface area contributed by atoms with Crippen LogP contribution >= 0.6 is 0 Å². The first-order valence-electron chi connectivity index (χ1n) is 6.20. The van der Waals surface area contributed by atoms with Crippen LogP contribution in [0.25, 0.3) is 0 Å². The summed E-state index contributed by atoms with van der Waals surface area (Å²) in [5.74, 6) is 0. The van der Waals surface area contributed by atoms with Gasteiger partial charge in [0.25, 0.3) is 0 Å². The van der Waals surface area contributed by atoms with Crippen LogP contribution in [-0.2, 0) is 6.54 Å². The number of anilines is 1. The highest BCUT2D eigenvalue weighted by Crippen LogP contribution is 2.10. The normalized spacial score (nSPS) is 10.4. The molecule has 0 heterocycles. The standard InChI is InChI=1S/C14H21N3/c1-2-9-17(10-4-3-8-15)12-13-6-5-7-14(16)11-13/h5-7,11H,2-4,9-10,12,16H2,1H3. The van der Waals surface area contributed by atoms with E-state index >= 15 is 0 Å². The predicted octanol–water partition coefficient (Wildman–Crippen LogP) is 2.78. The largest absolute Gasteiger partial charge is 0.399 e. The van der Waals surface area contributed by atoms with E-state index in [1.165, 1.54) is 5.56 Å². The Morgan fingerprint density at radius 2 is 2.18 bits per heavy atom. The fraction of sp³-hybridized carbons (Fsp3) is 0.500. The summed E-state index contributed by atoms with van der Waals surface area (Å²) in [6, 6.07) is 10.2. The Morgan fingerprint density at radius 3 is 2.82 bits per heavy atom. The molecule has 1 aromatic rings. The molecule has 0 unspecified atom stereocenters.